The van der Waals surface area contributed by atoms with E-state index in [-0.39, 0.29) is 26.1 Å². The first-order valence-corrected chi connectivity index (χ1v) is 21.8. The summed E-state index contributed by atoms with van der Waals surface area (Å²) in [5.74, 6) is 2.12. The van der Waals surface area contributed by atoms with Crippen LogP contribution in [0.3, 0.4) is 0 Å². The summed E-state index contributed by atoms with van der Waals surface area (Å²) in [4.78, 5) is 5.29. The first-order chi connectivity index (χ1) is 29.1. The molecule has 303 valence electrons. The maximum absolute atomic E-state index is 7.46. The molecule has 7 aromatic rings. The van der Waals surface area contributed by atoms with E-state index >= 15 is 0 Å². The van der Waals surface area contributed by atoms with Crippen molar-refractivity contribution in [3.05, 3.63) is 204 Å². The van der Waals surface area contributed by atoms with Crippen molar-refractivity contribution < 1.29 is 38.4 Å². The molecule has 5 nitrogen and oxygen atoms in total. The smallest absolute Gasteiger partial charge is 0.486 e. The number of benzene rings is 7. The zero-order valence-electron chi connectivity index (χ0n) is 33.6. The third-order valence-electron chi connectivity index (χ3n) is 11.1. The van der Waals surface area contributed by atoms with Crippen molar-refractivity contribution in [2.45, 2.75) is 57.1 Å². The zero-order valence-corrected chi connectivity index (χ0v) is 37.0. The van der Waals surface area contributed by atoms with Crippen LogP contribution in [0.5, 0.6) is 11.5 Å². The van der Waals surface area contributed by atoms with Gasteiger partial charge in [0.25, 0.3) is 0 Å². The normalized spacial score (nSPS) is 15.9. The minimum Gasteiger partial charge on any atom is -0.500 e. The number of allylic oxidation sites excluding steroid dienone is 4. The van der Waals surface area contributed by atoms with Gasteiger partial charge in [0.05, 0.1) is 0 Å². The third-order valence-corrected chi connectivity index (χ3v) is 12.5. The number of rotatable bonds is 8. The summed E-state index contributed by atoms with van der Waals surface area (Å²) in [5, 5.41) is 4.49. The van der Waals surface area contributed by atoms with E-state index in [1.54, 1.807) is 0 Å². The van der Waals surface area contributed by atoms with Gasteiger partial charge in [-0.1, -0.05) is 152 Å². The minimum absolute atomic E-state index is 0. The Kier molecular flexibility index (Phi) is 13.4. The minimum atomic E-state index is -2.49. The summed E-state index contributed by atoms with van der Waals surface area (Å²) < 4.78 is 27.8. The van der Waals surface area contributed by atoms with Gasteiger partial charge >= 0.3 is 8.60 Å². The Morgan fingerprint density at radius 2 is 1.12 bits per heavy atom. The topological polar surface area (TPSA) is 49.3 Å². The van der Waals surface area contributed by atoms with Crippen molar-refractivity contribution in [3.8, 4) is 22.6 Å². The second kappa shape index (κ2) is 19.4. The van der Waals surface area contributed by atoms with E-state index in [1.807, 2.05) is 12.1 Å². The predicted molar refractivity (Wildman–Crippen MR) is 242 cm³/mol. The molecule has 0 aromatic heterocycles. The van der Waals surface area contributed by atoms with Gasteiger partial charge in [0.2, 0.25) is 5.90 Å². The summed E-state index contributed by atoms with van der Waals surface area (Å²) >= 11 is 0. The molecule has 60 heavy (non-hydrogen) atoms. The van der Waals surface area contributed by atoms with Crippen LogP contribution in [-0.4, -0.2) is 24.1 Å². The molecule has 0 saturated carbocycles. The fourth-order valence-corrected chi connectivity index (χ4v) is 9.57. The summed E-state index contributed by atoms with van der Waals surface area (Å²) in [6, 6.07) is 54.2. The fraction of sp³-hybridized carbons (Fsp3) is 0.189. The summed E-state index contributed by atoms with van der Waals surface area (Å²) in [6.45, 7) is 2.46. The molecule has 0 N–H and O–H groups in total. The fourth-order valence-electron chi connectivity index (χ4n) is 8.13. The Labute approximate surface area is 368 Å². The molecule has 10 rings (SSSR count). The Morgan fingerprint density at radius 1 is 0.617 bits per heavy atom. The molecule has 0 unspecified atom stereocenters. The van der Waals surface area contributed by atoms with Crippen molar-refractivity contribution in [3.63, 3.8) is 0 Å². The van der Waals surface area contributed by atoms with Crippen molar-refractivity contribution in [2.24, 2.45) is 4.99 Å². The largest absolute Gasteiger partial charge is 0.500 e. The van der Waals surface area contributed by atoms with Gasteiger partial charge in [-0.25, -0.2) is 4.99 Å². The van der Waals surface area contributed by atoms with E-state index in [4.69, 9.17) is 23.3 Å². The predicted octanol–water partition coefficient (Wildman–Crippen LogP) is 13.1. The number of ether oxygens (including phenoxy) is 1. The molecule has 2 heterocycles. The number of hydrogen-bond donors (Lipinski definition) is 0. The van der Waals surface area contributed by atoms with Crippen molar-refractivity contribution in [2.75, 3.05) is 6.61 Å². The Morgan fingerprint density at radius 3 is 1.65 bits per heavy atom. The van der Waals surface area contributed by atoms with Gasteiger partial charge in [-0.2, -0.15) is 17.4 Å². The number of aryl methyl sites for hydroxylation is 1. The first-order valence-electron chi connectivity index (χ1n) is 20.5. The van der Waals surface area contributed by atoms with Crippen LogP contribution in [0.15, 0.2) is 175 Å². The van der Waals surface area contributed by atoms with Crippen molar-refractivity contribution in [1.82, 2.24) is 0 Å². The van der Waals surface area contributed by atoms with Crippen LogP contribution in [0, 0.1) is 19.1 Å². The Bertz CT molecular complexity index is 2470. The van der Waals surface area contributed by atoms with Crippen LogP contribution in [0.4, 0.5) is 0 Å². The molecular weight excluding hydrogens is 938 g/mol. The van der Waals surface area contributed by atoms with Crippen LogP contribution in [0.1, 0.15) is 47.9 Å². The van der Waals surface area contributed by atoms with Crippen molar-refractivity contribution in [1.29, 1.82) is 0 Å². The van der Waals surface area contributed by atoms with Crippen LogP contribution in [0.25, 0.3) is 32.7 Å². The molecule has 0 saturated heterocycles. The molecule has 0 spiro atoms. The monoisotopic (exact) mass is 985 g/mol. The molecule has 0 bridgehead atoms. The van der Waals surface area contributed by atoms with Crippen LogP contribution in [0.2, 0.25) is 0 Å². The SMILES string of the molecule is Cc1ccc(C2=N[C@H](C(Cc3ccccc3)(Cc3ccccc3)O[PH+]3Oc4ccc5ccccc5c4-c4c(ccc5ccccc45)O3)CO2)cc1.[C-]1=CCC[C-]=CCC1.[Ir]. The van der Waals surface area contributed by atoms with Crippen LogP contribution < -0.4 is 9.05 Å². The molecule has 7 heteroatoms. The van der Waals surface area contributed by atoms with Gasteiger partial charge in [0.15, 0.2) is 17.1 Å². The number of hydrogen-bond acceptors (Lipinski definition) is 5. The molecule has 1 aliphatic carbocycles. The second-order valence-corrected chi connectivity index (χ2v) is 16.4. The number of aliphatic imine (C=N–C) groups is 1. The van der Waals surface area contributed by atoms with Gasteiger partial charge in [-0.05, 0) is 63.9 Å². The van der Waals surface area contributed by atoms with E-state index in [0.29, 0.717) is 25.3 Å². The molecule has 1 atom stereocenters. The van der Waals surface area contributed by atoms with E-state index in [2.05, 4.69) is 177 Å². The van der Waals surface area contributed by atoms with E-state index < -0.39 is 14.2 Å². The summed E-state index contributed by atoms with van der Waals surface area (Å²) in [5.41, 5.74) is 5.58. The van der Waals surface area contributed by atoms with Gasteiger partial charge in [0.1, 0.15) is 12.6 Å². The number of fused-ring (bicyclic) bond motifs is 7. The zero-order chi connectivity index (χ0) is 39.9. The van der Waals surface area contributed by atoms with Crippen LogP contribution >= 0.6 is 8.60 Å². The maximum Gasteiger partial charge on any atom is 0.486 e. The van der Waals surface area contributed by atoms with E-state index in [0.717, 1.165) is 86.5 Å². The summed E-state index contributed by atoms with van der Waals surface area (Å²) in [7, 11) is -2.49. The Balaban J connectivity index is 0.000000499. The standard InChI is InChI=1S/C45H37NO4P.C8H10.Ir/c1-31-20-22-36(23-21-31)44-46-41(30-47-44)45(28-32-12-4-2-5-13-32,29-33-14-6-3-7-15-33)50-51-48-39-26-24-34-16-8-10-18-37(34)42(39)43-38-19-11-9-17-35(38)25-27-40(43)49-51;1-2-4-6-8-7-5-3-1;/h2-27,41,51H,28-30H2,1H3;1,8H,2,4-5,7H2;/q+1;-2;/t41-;;/m0../s1. The molecule has 7 aromatic carbocycles. The van der Waals surface area contributed by atoms with Gasteiger partial charge in [-0.15, -0.1) is 0 Å². The van der Waals surface area contributed by atoms with Gasteiger partial charge in [0, 0.05) is 49.6 Å². The third kappa shape index (κ3) is 9.34. The Hall–Kier alpha value is -5.35. The van der Waals surface area contributed by atoms with E-state index in [1.165, 1.54) is 5.56 Å². The van der Waals surface area contributed by atoms with Crippen molar-refractivity contribution >= 4 is 36.0 Å². The second-order valence-electron chi connectivity index (χ2n) is 15.3. The van der Waals surface area contributed by atoms with E-state index in [9.17, 15) is 0 Å². The molecule has 0 fully saturated rings. The molecule has 1 radical (unpaired) electrons. The molecule has 2 aliphatic heterocycles. The molecular formula is C53H47IrNO4P-. The first kappa shape index (κ1) is 41.4. The summed E-state index contributed by atoms with van der Waals surface area (Å²) in [6.07, 6.45) is 16.2. The average molecular weight is 985 g/mol. The quantitative estimate of drug-likeness (QED) is 0.112. The maximum atomic E-state index is 7.46. The average Bonchev–Trinajstić information content (AvgIpc) is 3.70. The van der Waals surface area contributed by atoms with Gasteiger partial charge < -0.3 is 16.9 Å². The number of nitrogens with zero attached hydrogens (tertiary/aromatic N) is 1. The van der Waals surface area contributed by atoms with Crippen LogP contribution in [-0.2, 0) is 42.2 Å². The molecule has 3 aliphatic rings. The van der Waals surface area contributed by atoms with Gasteiger partial charge in [-0.3, -0.25) is 21.2 Å². The molecule has 0 amide bonds.